The number of carbonyl (C=O) groups is 1. The summed E-state index contributed by atoms with van der Waals surface area (Å²) in [7, 11) is 0. The summed E-state index contributed by atoms with van der Waals surface area (Å²) in [6.45, 7) is 11.9. The van der Waals surface area contributed by atoms with E-state index in [1.165, 1.54) is 59.9 Å². The van der Waals surface area contributed by atoms with Crippen molar-refractivity contribution in [3.05, 3.63) is 140 Å². The highest BCUT2D eigenvalue weighted by Gasteiger charge is 2.27. The van der Waals surface area contributed by atoms with E-state index in [0.717, 1.165) is 60.5 Å². The minimum atomic E-state index is -0.417. The number of halogens is 2. The van der Waals surface area contributed by atoms with Gasteiger partial charge in [-0.15, -0.1) is 0 Å². The van der Waals surface area contributed by atoms with Crippen LogP contribution in [0.4, 0.5) is 4.79 Å². The Morgan fingerprint density at radius 1 is 0.585 bits per heavy atom. The maximum atomic E-state index is 12.0. The van der Waals surface area contributed by atoms with Gasteiger partial charge in [0.2, 0.25) is 0 Å². The first-order valence-corrected chi connectivity index (χ1v) is 20.8. The standard InChI is InChI=1S/C19H19N.C16H22BrNO2.C11H14BrN/c1-2-4-16(5-3-1)6-7-17-8-10-18(11-9-17)19-12-14-20-15-13-19;1-16(2,3)20-15(19)18-10-8-13(9-11-18)12-4-6-14(17)7-5-12;12-11-3-1-9(2-4-11)10-5-7-13-8-6-10/h1-5,8-11,19-20H,12-15H2;4-7,13H,8-11H2,1-3H3;1-4,10,13H,5-8H2. The van der Waals surface area contributed by atoms with Crippen LogP contribution in [0.2, 0.25) is 0 Å². The van der Waals surface area contributed by atoms with Crippen molar-refractivity contribution in [2.75, 3.05) is 39.3 Å². The van der Waals surface area contributed by atoms with Crippen molar-refractivity contribution in [2.45, 2.75) is 82.7 Å². The van der Waals surface area contributed by atoms with Crippen LogP contribution < -0.4 is 10.6 Å². The molecule has 0 radical (unpaired) electrons. The zero-order valence-corrected chi connectivity index (χ0v) is 34.7. The molecular formula is C46H55Br2N3O2. The van der Waals surface area contributed by atoms with Crippen LogP contribution in [-0.4, -0.2) is 55.9 Å². The maximum absolute atomic E-state index is 12.0. The summed E-state index contributed by atoms with van der Waals surface area (Å²) in [5.74, 6) is 8.46. The fourth-order valence-corrected chi connectivity index (χ4v) is 7.54. The van der Waals surface area contributed by atoms with Crippen LogP contribution in [0.5, 0.6) is 0 Å². The van der Waals surface area contributed by atoms with Crippen molar-refractivity contribution >= 4 is 38.0 Å². The number of amides is 1. The summed E-state index contributed by atoms with van der Waals surface area (Å²) in [6, 6.07) is 36.1. The van der Waals surface area contributed by atoms with Crippen molar-refractivity contribution in [1.29, 1.82) is 0 Å². The lowest BCUT2D eigenvalue weighted by Crippen LogP contribution is -2.41. The predicted octanol–water partition coefficient (Wildman–Crippen LogP) is 11.0. The highest BCUT2D eigenvalue weighted by Crippen LogP contribution is 2.30. The van der Waals surface area contributed by atoms with E-state index < -0.39 is 5.60 Å². The second kappa shape index (κ2) is 20.9. The molecule has 0 saturated carbocycles. The van der Waals surface area contributed by atoms with Crippen LogP contribution in [-0.2, 0) is 4.74 Å². The minimum absolute atomic E-state index is 0.188. The highest BCUT2D eigenvalue weighted by molar-refractivity contribution is 9.10. The summed E-state index contributed by atoms with van der Waals surface area (Å²) >= 11 is 6.91. The van der Waals surface area contributed by atoms with Gasteiger partial charge in [-0.05, 0) is 168 Å². The predicted molar refractivity (Wildman–Crippen MR) is 227 cm³/mol. The number of piperidine rings is 3. The molecule has 0 aliphatic carbocycles. The number of carbonyl (C=O) groups excluding carboxylic acids is 1. The Morgan fingerprint density at radius 3 is 1.38 bits per heavy atom. The van der Waals surface area contributed by atoms with Gasteiger partial charge in [0, 0.05) is 33.2 Å². The Kier molecular flexibility index (Phi) is 16.1. The summed E-state index contributed by atoms with van der Waals surface area (Å²) in [6.07, 6.45) is 6.86. The Hall–Kier alpha value is -3.41. The maximum Gasteiger partial charge on any atom is 0.410 e. The Labute approximate surface area is 334 Å². The summed E-state index contributed by atoms with van der Waals surface area (Å²) in [5.41, 5.74) is 6.04. The number of benzene rings is 4. The molecule has 0 unspecified atom stereocenters. The molecule has 0 aromatic heterocycles. The summed E-state index contributed by atoms with van der Waals surface area (Å²) in [5, 5.41) is 6.80. The SMILES string of the molecule is Brc1ccc(C2CCNCC2)cc1.C(#Cc1ccc(C2CCNCC2)cc1)c1ccccc1.CC(C)(C)OC(=O)N1CCC(c2ccc(Br)cc2)CC1. The average molecular weight is 842 g/mol. The van der Waals surface area contributed by atoms with Crippen molar-refractivity contribution in [3.63, 3.8) is 0 Å². The third-order valence-electron chi connectivity index (χ3n) is 10.0. The molecule has 0 bridgehead atoms. The number of hydrogen-bond donors (Lipinski definition) is 2. The topological polar surface area (TPSA) is 53.6 Å². The molecule has 1 amide bonds. The fraction of sp³-hybridized carbons (Fsp3) is 0.413. The molecule has 7 heteroatoms. The van der Waals surface area contributed by atoms with Crippen molar-refractivity contribution in [2.24, 2.45) is 0 Å². The Morgan fingerprint density at radius 2 is 0.962 bits per heavy atom. The lowest BCUT2D eigenvalue weighted by atomic mass is 9.90. The van der Waals surface area contributed by atoms with Crippen LogP contribution in [0.1, 0.15) is 105 Å². The van der Waals surface area contributed by atoms with Crippen LogP contribution in [0, 0.1) is 11.8 Å². The Balaban J connectivity index is 0.000000157. The van der Waals surface area contributed by atoms with Gasteiger partial charge in [0.25, 0.3) is 0 Å². The fourth-order valence-electron chi connectivity index (χ4n) is 7.01. The van der Waals surface area contributed by atoms with E-state index in [-0.39, 0.29) is 6.09 Å². The van der Waals surface area contributed by atoms with Gasteiger partial charge in [-0.25, -0.2) is 4.79 Å². The smallest absolute Gasteiger partial charge is 0.410 e. The molecular weight excluding hydrogens is 786 g/mol. The van der Waals surface area contributed by atoms with E-state index in [4.69, 9.17) is 4.74 Å². The molecule has 7 rings (SSSR count). The molecule has 4 aromatic carbocycles. The molecule has 3 aliphatic heterocycles. The van der Waals surface area contributed by atoms with Gasteiger partial charge in [-0.2, -0.15) is 0 Å². The lowest BCUT2D eigenvalue weighted by Gasteiger charge is -2.33. The van der Waals surface area contributed by atoms with Crippen molar-refractivity contribution in [1.82, 2.24) is 15.5 Å². The lowest BCUT2D eigenvalue weighted by molar-refractivity contribution is 0.0205. The van der Waals surface area contributed by atoms with E-state index in [1.807, 2.05) is 56.0 Å². The van der Waals surface area contributed by atoms with Gasteiger partial charge in [-0.3, -0.25) is 0 Å². The average Bonchev–Trinajstić information content (AvgIpc) is 3.19. The normalized spacial score (nSPS) is 16.9. The minimum Gasteiger partial charge on any atom is -0.444 e. The van der Waals surface area contributed by atoms with E-state index in [0.29, 0.717) is 11.8 Å². The van der Waals surface area contributed by atoms with Crippen LogP contribution in [0.15, 0.2) is 112 Å². The highest BCUT2D eigenvalue weighted by atomic mass is 79.9. The number of likely N-dealkylation sites (tertiary alicyclic amines) is 1. The molecule has 2 N–H and O–H groups in total. The third kappa shape index (κ3) is 14.1. The summed E-state index contributed by atoms with van der Waals surface area (Å²) in [4.78, 5) is 13.8. The molecule has 3 fully saturated rings. The number of nitrogens with one attached hydrogen (secondary N) is 2. The van der Waals surface area contributed by atoms with Gasteiger partial charge < -0.3 is 20.3 Å². The van der Waals surface area contributed by atoms with Gasteiger partial charge in [0.05, 0.1) is 0 Å². The number of rotatable bonds is 3. The molecule has 0 atom stereocenters. The van der Waals surface area contributed by atoms with Crippen molar-refractivity contribution in [3.8, 4) is 11.8 Å². The third-order valence-corrected chi connectivity index (χ3v) is 11.1. The molecule has 0 spiro atoms. The van der Waals surface area contributed by atoms with Crippen LogP contribution >= 0.6 is 31.9 Å². The second-order valence-corrected chi connectivity index (χ2v) is 17.0. The van der Waals surface area contributed by atoms with Gasteiger partial charge in [0.15, 0.2) is 0 Å². The van der Waals surface area contributed by atoms with E-state index in [9.17, 15) is 4.79 Å². The first-order chi connectivity index (χ1) is 25.6. The van der Waals surface area contributed by atoms with E-state index >= 15 is 0 Å². The molecule has 4 aromatic rings. The van der Waals surface area contributed by atoms with Gasteiger partial charge in [-0.1, -0.05) is 98.3 Å². The zero-order valence-electron chi connectivity index (χ0n) is 31.6. The quantitative estimate of drug-likeness (QED) is 0.202. The first-order valence-electron chi connectivity index (χ1n) is 19.2. The van der Waals surface area contributed by atoms with E-state index in [2.05, 4.69) is 127 Å². The molecule has 5 nitrogen and oxygen atoms in total. The molecule has 3 saturated heterocycles. The van der Waals surface area contributed by atoms with Crippen LogP contribution in [0.25, 0.3) is 0 Å². The van der Waals surface area contributed by atoms with Gasteiger partial charge >= 0.3 is 6.09 Å². The number of nitrogens with zero attached hydrogens (tertiary/aromatic N) is 1. The molecule has 3 heterocycles. The molecule has 53 heavy (non-hydrogen) atoms. The largest absolute Gasteiger partial charge is 0.444 e. The Bertz CT molecular complexity index is 1720. The second-order valence-electron chi connectivity index (χ2n) is 15.1. The van der Waals surface area contributed by atoms with E-state index in [1.54, 1.807) is 0 Å². The number of ether oxygens (including phenoxy) is 1. The monoisotopic (exact) mass is 839 g/mol. The van der Waals surface area contributed by atoms with Gasteiger partial charge in [0.1, 0.15) is 5.60 Å². The van der Waals surface area contributed by atoms with Crippen molar-refractivity contribution < 1.29 is 9.53 Å². The number of hydrogen-bond acceptors (Lipinski definition) is 4. The molecule has 3 aliphatic rings. The molecule has 280 valence electrons. The zero-order chi connectivity index (χ0) is 37.5. The first kappa shape index (κ1) is 40.8. The van der Waals surface area contributed by atoms with Crippen LogP contribution in [0.3, 0.4) is 0 Å². The summed E-state index contributed by atoms with van der Waals surface area (Å²) < 4.78 is 7.69.